The van der Waals surface area contributed by atoms with Crippen molar-refractivity contribution in [3.05, 3.63) is 28.2 Å². The molecule has 2 heteroatoms. The number of halogens is 1. The minimum atomic E-state index is 0.408. The Morgan fingerprint density at radius 2 is 2.05 bits per heavy atom. The van der Waals surface area contributed by atoms with Gasteiger partial charge >= 0.3 is 0 Å². The van der Waals surface area contributed by atoms with Gasteiger partial charge in [0.25, 0.3) is 0 Å². The predicted molar refractivity (Wildman–Crippen MR) is 90.2 cm³/mol. The summed E-state index contributed by atoms with van der Waals surface area (Å²) in [4.78, 5) is 0. The van der Waals surface area contributed by atoms with Gasteiger partial charge in [0.05, 0.1) is 0 Å². The SMILES string of the molecule is CCc1cc(Br)ccc1NC1C(C)(C)[C@H]2CC[C@]1(C)C2. The van der Waals surface area contributed by atoms with Gasteiger partial charge in [-0.3, -0.25) is 0 Å². The molecule has 0 radical (unpaired) electrons. The van der Waals surface area contributed by atoms with Gasteiger partial charge in [0.1, 0.15) is 0 Å². The van der Waals surface area contributed by atoms with Crippen LogP contribution in [0.3, 0.4) is 0 Å². The minimum Gasteiger partial charge on any atom is -0.381 e. The highest BCUT2D eigenvalue weighted by Gasteiger charge is 2.59. The van der Waals surface area contributed by atoms with Crippen molar-refractivity contribution in [2.24, 2.45) is 16.7 Å². The summed E-state index contributed by atoms with van der Waals surface area (Å²) in [7, 11) is 0. The van der Waals surface area contributed by atoms with E-state index in [0.717, 1.165) is 12.3 Å². The number of hydrogen-bond donors (Lipinski definition) is 1. The molecule has 0 saturated heterocycles. The molecule has 2 fully saturated rings. The van der Waals surface area contributed by atoms with E-state index < -0.39 is 0 Å². The fraction of sp³-hybridized carbons (Fsp3) is 0.667. The molecule has 1 aromatic rings. The van der Waals surface area contributed by atoms with Gasteiger partial charge in [0, 0.05) is 16.2 Å². The van der Waals surface area contributed by atoms with Crippen LogP contribution in [0.5, 0.6) is 0 Å². The molecule has 1 aromatic carbocycles. The van der Waals surface area contributed by atoms with Crippen molar-refractivity contribution in [3.63, 3.8) is 0 Å². The van der Waals surface area contributed by atoms with Gasteiger partial charge in [-0.15, -0.1) is 0 Å². The van der Waals surface area contributed by atoms with E-state index in [1.807, 2.05) is 0 Å². The van der Waals surface area contributed by atoms with Crippen molar-refractivity contribution in [3.8, 4) is 0 Å². The third-order valence-electron chi connectivity index (χ3n) is 6.02. The van der Waals surface area contributed by atoms with Gasteiger partial charge in [0.15, 0.2) is 0 Å². The Morgan fingerprint density at radius 1 is 1.30 bits per heavy atom. The number of nitrogens with one attached hydrogen (secondary N) is 1. The molecule has 0 aliphatic heterocycles. The Hall–Kier alpha value is -0.500. The molecule has 0 spiro atoms. The quantitative estimate of drug-likeness (QED) is 0.753. The predicted octanol–water partition coefficient (Wildman–Crippen LogP) is 5.64. The highest BCUT2D eigenvalue weighted by molar-refractivity contribution is 9.10. The second-order valence-electron chi connectivity index (χ2n) is 7.65. The average Bonchev–Trinajstić information content (AvgIpc) is 2.87. The van der Waals surface area contributed by atoms with Crippen molar-refractivity contribution < 1.29 is 0 Å². The number of rotatable bonds is 3. The molecule has 2 saturated carbocycles. The Bertz CT molecular complexity index is 517. The minimum absolute atomic E-state index is 0.408. The second-order valence-corrected chi connectivity index (χ2v) is 8.56. The molecule has 0 heterocycles. The van der Waals surface area contributed by atoms with Crippen LogP contribution in [-0.2, 0) is 6.42 Å². The summed E-state index contributed by atoms with van der Waals surface area (Å²) in [6, 6.07) is 7.25. The molecular formula is C18H26BrN. The van der Waals surface area contributed by atoms with Gasteiger partial charge in [-0.2, -0.15) is 0 Å². The standard InChI is InChI=1S/C18H26BrN/c1-5-12-10-14(19)6-7-15(12)20-16-17(2,3)13-8-9-18(16,4)11-13/h6-7,10,13,16,20H,5,8-9,11H2,1-4H3/t13-,16?,18+/m0/s1. The highest BCUT2D eigenvalue weighted by Crippen LogP contribution is 2.63. The van der Waals surface area contributed by atoms with E-state index >= 15 is 0 Å². The molecule has 2 bridgehead atoms. The zero-order valence-electron chi connectivity index (χ0n) is 13.1. The summed E-state index contributed by atoms with van der Waals surface area (Å²) in [5, 5.41) is 3.93. The maximum Gasteiger partial charge on any atom is 0.0375 e. The van der Waals surface area contributed by atoms with Crippen molar-refractivity contribution in [1.29, 1.82) is 0 Å². The van der Waals surface area contributed by atoms with E-state index in [1.54, 1.807) is 0 Å². The van der Waals surface area contributed by atoms with Crippen LogP contribution in [0.15, 0.2) is 22.7 Å². The van der Waals surface area contributed by atoms with Gasteiger partial charge in [-0.25, -0.2) is 0 Å². The largest absolute Gasteiger partial charge is 0.381 e. The summed E-state index contributed by atoms with van der Waals surface area (Å²) in [5.74, 6) is 0.894. The maximum atomic E-state index is 3.93. The zero-order chi connectivity index (χ0) is 14.5. The lowest BCUT2D eigenvalue weighted by Crippen LogP contribution is -2.45. The van der Waals surface area contributed by atoms with Gasteiger partial charge < -0.3 is 5.32 Å². The Balaban J connectivity index is 1.91. The smallest absolute Gasteiger partial charge is 0.0375 e. The molecular weight excluding hydrogens is 310 g/mol. The number of benzene rings is 1. The van der Waals surface area contributed by atoms with Crippen molar-refractivity contribution in [1.82, 2.24) is 0 Å². The lowest BCUT2D eigenvalue weighted by atomic mass is 9.68. The summed E-state index contributed by atoms with van der Waals surface area (Å²) in [5.41, 5.74) is 3.64. The zero-order valence-corrected chi connectivity index (χ0v) is 14.7. The molecule has 1 unspecified atom stereocenters. The number of fused-ring (bicyclic) bond motifs is 2. The third-order valence-corrected chi connectivity index (χ3v) is 6.51. The van der Waals surface area contributed by atoms with E-state index in [1.165, 1.54) is 35.0 Å². The lowest BCUT2D eigenvalue weighted by Gasteiger charge is -2.44. The van der Waals surface area contributed by atoms with Gasteiger partial charge in [-0.1, -0.05) is 43.6 Å². The van der Waals surface area contributed by atoms with Crippen LogP contribution < -0.4 is 5.32 Å². The number of hydrogen-bond acceptors (Lipinski definition) is 1. The van der Waals surface area contributed by atoms with Crippen LogP contribution in [0.1, 0.15) is 52.5 Å². The molecule has 2 aliphatic carbocycles. The second kappa shape index (κ2) is 4.76. The third kappa shape index (κ3) is 2.11. The first kappa shape index (κ1) is 14.4. The number of aryl methyl sites for hydroxylation is 1. The molecule has 3 atom stereocenters. The van der Waals surface area contributed by atoms with Crippen LogP contribution in [0.2, 0.25) is 0 Å². The summed E-state index contributed by atoms with van der Waals surface area (Å²) in [6.07, 6.45) is 5.28. The molecule has 20 heavy (non-hydrogen) atoms. The average molecular weight is 336 g/mol. The van der Waals surface area contributed by atoms with Crippen molar-refractivity contribution in [2.45, 2.75) is 59.4 Å². The topological polar surface area (TPSA) is 12.0 Å². The van der Waals surface area contributed by atoms with E-state index in [-0.39, 0.29) is 0 Å². The van der Waals surface area contributed by atoms with Crippen LogP contribution in [0.4, 0.5) is 5.69 Å². The Kier molecular flexibility index (Phi) is 3.44. The van der Waals surface area contributed by atoms with Gasteiger partial charge in [-0.05, 0) is 66.2 Å². The highest BCUT2D eigenvalue weighted by atomic mass is 79.9. The molecule has 0 aromatic heterocycles. The fourth-order valence-electron chi connectivity index (χ4n) is 4.81. The van der Waals surface area contributed by atoms with Gasteiger partial charge in [0.2, 0.25) is 0 Å². The van der Waals surface area contributed by atoms with Crippen LogP contribution in [0, 0.1) is 16.7 Å². The first-order chi connectivity index (χ1) is 9.37. The summed E-state index contributed by atoms with van der Waals surface area (Å²) < 4.78 is 1.18. The van der Waals surface area contributed by atoms with Crippen LogP contribution in [0.25, 0.3) is 0 Å². The lowest BCUT2D eigenvalue weighted by molar-refractivity contribution is 0.155. The first-order valence-electron chi connectivity index (χ1n) is 7.92. The molecule has 1 N–H and O–H groups in total. The van der Waals surface area contributed by atoms with E-state index in [9.17, 15) is 0 Å². The molecule has 2 aliphatic rings. The normalized spacial score (nSPS) is 34.5. The Morgan fingerprint density at radius 3 is 2.65 bits per heavy atom. The van der Waals surface area contributed by atoms with Crippen LogP contribution >= 0.6 is 15.9 Å². The maximum absolute atomic E-state index is 3.93. The van der Waals surface area contributed by atoms with E-state index in [4.69, 9.17) is 0 Å². The van der Waals surface area contributed by atoms with Crippen LogP contribution in [-0.4, -0.2) is 6.04 Å². The van der Waals surface area contributed by atoms with Crippen molar-refractivity contribution in [2.75, 3.05) is 5.32 Å². The Labute approximate surface area is 131 Å². The summed E-state index contributed by atoms with van der Waals surface area (Å²) >= 11 is 3.59. The fourth-order valence-corrected chi connectivity index (χ4v) is 5.22. The molecule has 110 valence electrons. The van der Waals surface area contributed by atoms with E-state index in [2.05, 4.69) is 67.1 Å². The number of anilines is 1. The molecule has 0 amide bonds. The first-order valence-corrected chi connectivity index (χ1v) is 8.71. The van der Waals surface area contributed by atoms with E-state index in [0.29, 0.717) is 16.9 Å². The summed E-state index contributed by atoms with van der Waals surface area (Å²) in [6.45, 7) is 9.65. The molecule has 3 rings (SSSR count). The molecule has 1 nitrogen and oxygen atoms in total. The monoisotopic (exact) mass is 335 g/mol. The van der Waals surface area contributed by atoms with Crippen molar-refractivity contribution >= 4 is 21.6 Å².